The highest BCUT2D eigenvalue weighted by Crippen LogP contribution is 2.39. The predicted molar refractivity (Wildman–Crippen MR) is 108 cm³/mol. The van der Waals surface area contributed by atoms with Crippen molar-refractivity contribution in [3.63, 3.8) is 0 Å². The predicted octanol–water partition coefficient (Wildman–Crippen LogP) is 3.91. The fraction of sp³-hybridized carbons (Fsp3) is 0.300. The van der Waals surface area contributed by atoms with Crippen LogP contribution in [-0.4, -0.2) is 42.6 Å². The molecule has 3 aromatic rings. The van der Waals surface area contributed by atoms with Crippen molar-refractivity contribution in [1.29, 1.82) is 0 Å². The molecule has 8 nitrogen and oxygen atoms in total. The van der Waals surface area contributed by atoms with Crippen LogP contribution in [0.5, 0.6) is 11.5 Å². The average Bonchev–Trinajstić information content (AvgIpc) is 3.44. The number of sulfonamides is 1. The highest BCUT2D eigenvalue weighted by atomic mass is 32.2. The van der Waals surface area contributed by atoms with Crippen LogP contribution in [0.3, 0.4) is 0 Å². The Hall–Kier alpha value is -3.12. The second-order valence-corrected chi connectivity index (χ2v) is 9.31. The van der Waals surface area contributed by atoms with Gasteiger partial charge < -0.3 is 14.8 Å². The molecule has 2 aromatic carbocycles. The van der Waals surface area contributed by atoms with Gasteiger partial charge >= 0.3 is 6.18 Å². The smallest absolute Gasteiger partial charge is 0.451 e. The Balaban J connectivity index is 1.52. The van der Waals surface area contributed by atoms with E-state index in [1.54, 1.807) is 0 Å². The zero-order valence-corrected chi connectivity index (χ0v) is 17.3. The summed E-state index contributed by atoms with van der Waals surface area (Å²) in [5.41, 5.74) is 0.406. The lowest BCUT2D eigenvalue weighted by Gasteiger charge is -2.16. The first-order chi connectivity index (χ1) is 15.2. The third kappa shape index (κ3) is 3.69. The summed E-state index contributed by atoms with van der Waals surface area (Å²) in [4.78, 5) is 7.40. The molecular formula is C20H17F3N4O4S. The average molecular weight is 466 g/mol. The van der Waals surface area contributed by atoms with Gasteiger partial charge in [0.25, 0.3) is 0 Å². The topological polar surface area (TPSA) is 93.7 Å². The van der Waals surface area contributed by atoms with Gasteiger partial charge in [0.2, 0.25) is 22.6 Å². The van der Waals surface area contributed by atoms with E-state index < -0.39 is 22.0 Å². The summed E-state index contributed by atoms with van der Waals surface area (Å²) < 4.78 is 77.4. The maximum atomic E-state index is 13.4. The number of hydrogen-bond acceptors (Lipinski definition) is 7. The van der Waals surface area contributed by atoms with Crippen molar-refractivity contribution in [2.75, 3.05) is 25.2 Å². The number of benzene rings is 2. The molecule has 5 rings (SSSR count). The van der Waals surface area contributed by atoms with E-state index in [9.17, 15) is 21.6 Å². The van der Waals surface area contributed by atoms with Crippen molar-refractivity contribution in [3.8, 4) is 11.5 Å². The van der Waals surface area contributed by atoms with Crippen LogP contribution in [0.2, 0.25) is 0 Å². The van der Waals surface area contributed by atoms with E-state index >= 15 is 0 Å². The highest BCUT2D eigenvalue weighted by Gasteiger charge is 2.36. The van der Waals surface area contributed by atoms with Crippen molar-refractivity contribution in [2.24, 2.45) is 0 Å². The molecule has 0 radical (unpaired) electrons. The number of anilines is 2. The largest absolute Gasteiger partial charge is 0.454 e. The van der Waals surface area contributed by atoms with Crippen molar-refractivity contribution < 1.29 is 31.1 Å². The fourth-order valence-electron chi connectivity index (χ4n) is 3.67. The van der Waals surface area contributed by atoms with Crippen molar-refractivity contribution in [3.05, 3.63) is 42.2 Å². The summed E-state index contributed by atoms with van der Waals surface area (Å²) in [7, 11) is -3.60. The second kappa shape index (κ2) is 7.48. The normalized spacial score (nSPS) is 16.6. The third-order valence-corrected chi connectivity index (χ3v) is 7.18. The van der Waals surface area contributed by atoms with Gasteiger partial charge in [-0.2, -0.15) is 17.5 Å². The summed E-state index contributed by atoms with van der Waals surface area (Å²) >= 11 is 0. The molecular weight excluding hydrogens is 449 g/mol. The Morgan fingerprint density at radius 2 is 1.62 bits per heavy atom. The van der Waals surface area contributed by atoms with Gasteiger partial charge in [-0.05, 0) is 43.2 Å². The van der Waals surface area contributed by atoms with Gasteiger partial charge in [0.05, 0.1) is 10.4 Å². The minimum Gasteiger partial charge on any atom is -0.454 e. The SMILES string of the molecule is O=S(=O)(c1ccc(Nc2nc(C(F)(F)F)nc3cc4c(cc23)OCO4)cc1)N1CCCC1. The van der Waals surface area contributed by atoms with Crippen LogP contribution in [0, 0.1) is 0 Å². The van der Waals surface area contributed by atoms with Crippen LogP contribution in [-0.2, 0) is 16.2 Å². The summed E-state index contributed by atoms with van der Waals surface area (Å²) in [6, 6.07) is 8.67. The lowest BCUT2D eigenvalue weighted by atomic mass is 10.2. The molecule has 1 N–H and O–H groups in total. The Morgan fingerprint density at radius 1 is 0.969 bits per heavy atom. The molecule has 2 aliphatic heterocycles. The first-order valence-electron chi connectivity index (χ1n) is 9.78. The number of fused-ring (bicyclic) bond motifs is 2. The van der Waals surface area contributed by atoms with E-state index in [4.69, 9.17) is 9.47 Å². The summed E-state index contributed by atoms with van der Waals surface area (Å²) in [6.07, 6.45) is -3.12. The van der Waals surface area contributed by atoms with Crippen LogP contribution in [0.1, 0.15) is 18.7 Å². The van der Waals surface area contributed by atoms with E-state index in [-0.39, 0.29) is 23.0 Å². The first kappa shape index (κ1) is 20.8. The number of rotatable bonds is 4. The maximum Gasteiger partial charge on any atom is 0.451 e. The maximum absolute atomic E-state index is 13.4. The Kier molecular flexibility index (Phi) is 4.86. The minimum atomic E-state index is -4.76. The number of nitrogens with zero attached hydrogens (tertiary/aromatic N) is 3. The molecule has 0 saturated carbocycles. The van der Waals surface area contributed by atoms with Gasteiger partial charge in [-0.3, -0.25) is 0 Å². The molecule has 0 aliphatic carbocycles. The zero-order chi connectivity index (χ0) is 22.5. The number of nitrogens with one attached hydrogen (secondary N) is 1. The van der Waals surface area contributed by atoms with Crippen LogP contribution in [0.25, 0.3) is 10.9 Å². The van der Waals surface area contributed by atoms with Crippen LogP contribution >= 0.6 is 0 Å². The number of ether oxygens (including phenoxy) is 2. The minimum absolute atomic E-state index is 0.0345. The van der Waals surface area contributed by atoms with Gasteiger partial charge in [-0.25, -0.2) is 18.4 Å². The molecule has 12 heteroatoms. The molecule has 0 amide bonds. The number of alkyl halides is 3. The summed E-state index contributed by atoms with van der Waals surface area (Å²) in [5.74, 6) is -0.724. The number of hydrogen-bond donors (Lipinski definition) is 1. The van der Waals surface area contributed by atoms with E-state index in [1.807, 2.05) is 0 Å². The summed E-state index contributed by atoms with van der Waals surface area (Å²) in [6.45, 7) is 0.915. The van der Waals surface area contributed by atoms with Gasteiger partial charge in [0.15, 0.2) is 11.5 Å². The highest BCUT2D eigenvalue weighted by molar-refractivity contribution is 7.89. The molecule has 1 aromatic heterocycles. The van der Waals surface area contributed by atoms with Gasteiger partial charge in [-0.1, -0.05) is 0 Å². The molecule has 0 bridgehead atoms. The Bertz CT molecular complexity index is 1290. The van der Waals surface area contributed by atoms with E-state index in [0.717, 1.165) is 12.8 Å². The molecule has 0 spiro atoms. The van der Waals surface area contributed by atoms with Crippen molar-refractivity contribution in [2.45, 2.75) is 23.9 Å². The van der Waals surface area contributed by atoms with Gasteiger partial charge in [0, 0.05) is 30.2 Å². The lowest BCUT2D eigenvalue weighted by molar-refractivity contribution is -0.144. The van der Waals surface area contributed by atoms with Crippen LogP contribution in [0.15, 0.2) is 41.3 Å². The molecule has 3 heterocycles. The molecule has 0 atom stereocenters. The molecule has 0 unspecified atom stereocenters. The molecule has 32 heavy (non-hydrogen) atoms. The quantitative estimate of drug-likeness (QED) is 0.623. The van der Waals surface area contributed by atoms with Crippen molar-refractivity contribution >= 4 is 32.4 Å². The lowest BCUT2D eigenvalue weighted by Crippen LogP contribution is -2.27. The molecule has 1 fully saturated rings. The Morgan fingerprint density at radius 3 is 2.28 bits per heavy atom. The summed E-state index contributed by atoms with van der Waals surface area (Å²) in [5, 5.41) is 3.14. The fourth-order valence-corrected chi connectivity index (χ4v) is 5.18. The van der Waals surface area contributed by atoms with E-state index in [1.165, 1.54) is 40.7 Å². The standard InChI is InChI=1S/C20H17F3N4O4S/c21-20(22,23)19-25-15-10-17-16(30-11-31-17)9-14(15)18(26-19)24-12-3-5-13(6-4-12)32(28,29)27-7-1-2-8-27/h3-6,9-10H,1-2,7-8,11H2,(H,24,25,26). The van der Waals surface area contributed by atoms with Crippen molar-refractivity contribution in [1.82, 2.24) is 14.3 Å². The van der Waals surface area contributed by atoms with E-state index in [0.29, 0.717) is 35.7 Å². The van der Waals surface area contributed by atoms with E-state index in [2.05, 4.69) is 15.3 Å². The Labute approximate surface area is 181 Å². The first-order valence-corrected chi connectivity index (χ1v) is 11.2. The van der Waals surface area contributed by atoms with Gasteiger partial charge in [0.1, 0.15) is 5.82 Å². The van der Waals surface area contributed by atoms with Crippen LogP contribution < -0.4 is 14.8 Å². The number of halogens is 3. The second-order valence-electron chi connectivity index (χ2n) is 7.38. The van der Waals surface area contributed by atoms with Gasteiger partial charge in [-0.15, -0.1) is 0 Å². The van der Waals surface area contributed by atoms with Crippen LogP contribution in [0.4, 0.5) is 24.7 Å². The molecule has 168 valence electrons. The zero-order valence-electron chi connectivity index (χ0n) is 16.5. The monoisotopic (exact) mass is 466 g/mol. The molecule has 2 aliphatic rings. The number of aromatic nitrogens is 2. The third-order valence-electron chi connectivity index (χ3n) is 5.26. The molecule has 1 saturated heterocycles.